The van der Waals surface area contributed by atoms with Gasteiger partial charge in [-0.15, -0.1) is 0 Å². The fourth-order valence-electron chi connectivity index (χ4n) is 2.64. The number of rotatable bonds is 10. The van der Waals surface area contributed by atoms with E-state index in [1.165, 1.54) is 20.1 Å². The van der Waals surface area contributed by atoms with Crippen molar-refractivity contribution in [3.8, 4) is 11.5 Å². The summed E-state index contributed by atoms with van der Waals surface area (Å²) in [5.41, 5.74) is 0.772. The van der Waals surface area contributed by atoms with Crippen LogP contribution in [0.5, 0.6) is 11.5 Å². The summed E-state index contributed by atoms with van der Waals surface area (Å²) in [6.45, 7) is 6.80. The Morgan fingerprint density at radius 3 is 2.44 bits per heavy atom. The van der Waals surface area contributed by atoms with E-state index in [1.807, 2.05) is 6.92 Å². The second kappa shape index (κ2) is 11.7. The first-order valence-electron chi connectivity index (χ1n) is 10.1. The van der Waals surface area contributed by atoms with Crippen molar-refractivity contribution in [2.24, 2.45) is 0 Å². The Hall–Kier alpha value is -2.82. The van der Waals surface area contributed by atoms with Crippen LogP contribution in [0.4, 0.5) is 0 Å². The van der Waals surface area contributed by atoms with Crippen LogP contribution in [0.2, 0.25) is 4.44 Å². The number of unbranched alkanes of at least 4 members (excludes halogenated alkanes) is 1. The van der Waals surface area contributed by atoms with Crippen molar-refractivity contribution in [1.82, 2.24) is 0 Å². The molecular formula is C22H26O9Sn. The van der Waals surface area contributed by atoms with E-state index >= 15 is 0 Å². The number of esters is 3. The van der Waals surface area contributed by atoms with Crippen molar-refractivity contribution < 1.29 is 37.9 Å². The van der Waals surface area contributed by atoms with Crippen molar-refractivity contribution in [2.75, 3.05) is 7.11 Å². The van der Waals surface area contributed by atoms with Crippen LogP contribution in [0.15, 0.2) is 36.4 Å². The normalized spacial score (nSPS) is 16.5. The topological polar surface area (TPSA) is 114 Å². The van der Waals surface area contributed by atoms with E-state index in [2.05, 4.69) is 16.1 Å². The molecular weight excluding hydrogens is 527 g/mol. The van der Waals surface area contributed by atoms with Crippen molar-refractivity contribution in [2.45, 2.75) is 44.0 Å². The van der Waals surface area contributed by atoms with E-state index in [4.69, 9.17) is 9.22 Å². The monoisotopic (exact) mass is 554 g/mol. The van der Waals surface area contributed by atoms with E-state index in [0.717, 1.165) is 12.8 Å². The van der Waals surface area contributed by atoms with Crippen molar-refractivity contribution in [3.05, 3.63) is 42.0 Å². The Morgan fingerprint density at radius 2 is 1.78 bits per heavy atom. The van der Waals surface area contributed by atoms with Gasteiger partial charge in [0.05, 0.1) is 0 Å². The summed E-state index contributed by atoms with van der Waals surface area (Å²) in [6.07, 6.45) is 3.85. The first kappa shape index (κ1) is 25.4. The molecule has 1 unspecified atom stereocenters. The molecule has 0 saturated heterocycles. The first-order chi connectivity index (χ1) is 15.2. The zero-order valence-electron chi connectivity index (χ0n) is 18.3. The van der Waals surface area contributed by atoms with Gasteiger partial charge in [0.15, 0.2) is 0 Å². The number of methoxy groups -OCH3 is 1. The molecule has 1 aliphatic rings. The summed E-state index contributed by atoms with van der Waals surface area (Å²) in [5.74, 6) is -1.93. The van der Waals surface area contributed by atoms with Crippen LogP contribution in [0.25, 0.3) is 6.08 Å². The zero-order chi connectivity index (χ0) is 23.7. The van der Waals surface area contributed by atoms with Gasteiger partial charge in [0.25, 0.3) is 0 Å². The molecule has 0 bridgehead atoms. The van der Waals surface area contributed by atoms with Crippen LogP contribution in [0.3, 0.4) is 0 Å². The minimum atomic E-state index is -4.31. The Balaban J connectivity index is 2.04. The van der Waals surface area contributed by atoms with Crippen LogP contribution in [-0.4, -0.2) is 50.6 Å². The predicted molar refractivity (Wildman–Crippen MR) is 115 cm³/mol. The molecule has 0 amide bonds. The van der Waals surface area contributed by atoms with Gasteiger partial charge in [-0.05, 0) is 0 Å². The number of ether oxygens (including phenoxy) is 2. The summed E-state index contributed by atoms with van der Waals surface area (Å²) in [7, 11) is 1.29. The average molecular weight is 553 g/mol. The number of hydrogen-bond donors (Lipinski definition) is 0. The quantitative estimate of drug-likeness (QED) is 0.186. The molecule has 0 aromatic heterocycles. The van der Waals surface area contributed by atoms with Gasteiger partial charge in [0, 0.05) is 0 Å². The Morgan fingerprint density at radius 1 is 1.09 bits per heavy atom. The zero-order valence-corrected chi connectivity index (χ0v) is 21.2. The molecule has 10 heteroatoms. The van der Waals surface area contributed by atoms with E-state index in [0.29, 0.717) is 21.5 Å². The molecule has 0 N–H and O–H groups in total. The van der Waals surface area contributed by atoms with Gasteiger partial charge in [-0.3, -0.25) is 0 Å². The molecule has 32 heavy (non-hydrogen) atoms. The van der Waals surface area contributed by atoms with Crippen LogP contribution < -0.4 is 6.15 Å². The summed E-state index contributed by atoms with van der Waals surface area (Å²) in [4.78, 5) is 46.8. The van der Waals surface area contributed by atoms with Gasteiger partial charge >= 0.3 is 192 Å². The maximum absolute atomic E-state index is 12.4. The molecule has 1 aromatic carbocycles. The van der Waals surface area contributed by atoms with Gasteiger partial charge in [-0.1, -0.05) is 0 Å². The van der Waals surface area contributed by atoms with E-state index in [-0.39, 0.29) is 18.4 Å². The van der Waals surface area contributed by atoms with Crippen molar-refractivity contribution >= 4 is 49.6 Å². The molecule has 2 rings (SSSR count). The molecule has 1 aromatic rings. The molecule has 1 aliphatic heterocycles. The third-order valence-corrected chi connectivity index (χ3v) is 11.6. The van der Waals surface area contributed by atoms with Crippen LogP contribution >= 0.6 is 0 Å². The van der Waals surface area contributed by atoms with Gasteiger partial charge in [0.1, 0.15) is 0 Å². The van der Waals surface area contributed by atoms with Crippen molar-refractivity contribution in [3.63, 3.8) is 0 Å². The predicted octanol–water partition coefficient (Wildman–Crippen LogP) is 3.35. The van der Waals surface area contributed by atoms with Gasteiger partial charge in [0.2, 0.25) is 0 Å². The van der Waals surface area contributed by atoms with Gasteiger partial charge in [-0.25, -0.2) is 0 Å². The summed E-state index contributed by atoms with van der Waals surface area (Å²) in [5, 5.41) is 0. The molecule has 0 radical (unpaired) electrons. The molecule has 172 valence electrons. The standard InChI is InChI=1S/C10H10O4.C8H10O5.C4H9.Sn/c1-14-10(13)5-3-7-2-4-8(11)9(12)6-7;1-5(2)8(12)13-7(11)4-3-6(9)10;1-3-4-2;/h2-6,11-12H,1H3;1,3-4H2,2H3,(H,9,10);1,3-4H2,2H3;/q;;;+3/p-3/b5-3+;;;. The molecule has 0 spiro atoms. The third-order valence-electron chi connectivity index (χ3n) is 4.31. The molecule has 9 nitrogen and oxygen atoms in total. The van der Waals surface area contributed by atoms with E-state index in [1.54, 1.807) is 24.3 Å². The molecule has 1 heterocycles. The Bertz CT molecular complexity index is 937. The third kappa shape index (κ3) is 7.40. The second-order valence-electron chi connectivity index (χ2n) is 7.07. The fourth-order valence-corrected chi connectivity index (χ4v) is 10.2. The minimum absolute atomic E-state index is 0.0852. The van der Waals surface area contributed by atoms with Crippen LogP contribution in [0, 0.1) is 0 Å². The molecule has 0 fully saturated rings. The van der Waals surface area contributed by atoms with E-state index in [9.17, 15) is 19.2 Å². The number of hydrogen-bond acceptors (Lipinski definition) is 9. The van der Waals surface area contributed by atoms with Crippen LogP contribution in [-0.2, 0) is 31.7 Å². The summed E-state index contributed by atoms with van der Waals surface area (Å²) >= 11 is -4.31. The molecule has 0 aliphatic carbocycles. The van der Waals surface area contributed by atoms with Gasteiger partial charge in [-0.2, -0.15) is 0 Å². The number of fused-ring (bicyclic) bond motifs is 1. The Kier molecular flexibility index (Phi) is 9.30. The SMILES string of the molecule is C=C(C)C(=O)OC(=O)CCC(=O)[O][Sn]1([CH2]CCC)[O]c2ccc(/C=C/C(=O)OC)cc2[O]1. The average Bonchev–Trinajstić information content (AvgIpc) is 3.11. The van der Waals surface area contributed by atoms with E-state index < -0.39 is 43.5 Å². The maximum atomic E-state index is 12.4. The van der Waals surface area contributed by atoms with Gasteiger partial charge < -0.3 is 0 Å². The first-order valence-corrected chi connectivity index (χ1v) is 15.6. The number of carbonyl (C=O) groups is 4. The second-order valence-corrected chi connectivity index (χ2v) is 14.1. The van der Waals surface area contributed by atoms with Crippen LogP contribution in [0.1, 0.15) is 45.1 Å². The molecule has 0 saturated carbocycles. The molecule has 1 atom stereocenters. The fraction of sp³-hybridized carbons (Fsp3) is 0.364. The van der Waals surface area contributed by atoms with Crippen molar-refractivity contribution in [1.29, 1.82) is 0 Å². The summed E-state index contributed by atoms with van der Waals surface area (Å²) < 4.78 is 27.3. The number of benzene rings is 1. The number of carbonyl (C=O) groups excluding carboxylic acids is 4. The summed E-state index contributed by atoms with van der Waals surface area (Å²) in [6, 6.07) is 5.11. The Labute approximate surface area is 191 Å².